The molecule has 122 valence electrons. The normalized spacial score (nSPS) is 19.3. The van der Waals surface area contributed by atoms with Crippen molar-refractivity contribution in [2.75, 3.05) is 26.7 Å². The van der Waals surface area contributed by atoms with E-state index in [4.69, 9.17) is 4.74 Å². The Morgan fingerprint density at radius 2 is 2.05 bits per heavy atom. The van der Waals surface area contributed by atoms with Crippen molar-refractivity contribution in [3.63, 3.8) is 0 Å². The summed E-state index contributed by atoms with van der Waals surface area (Å²) in [5, 5.41) is 0. The highest BCUT2D eigenvalue weighted by atomic mass is 32.2. The quantitative estimate of drug-likeness (QED) is 0.814. The molecule has 0 radical (unpaired) electrons. The number of carbonyl (C=O) groups excluding carboxylic acids is 1. The molecule has 8 heteroatoms. The van der Waals surface area contributed by atoms with Crippen LogP contribution in [0.4, 0.5) is 0 Å². The van der Waals surface area contributed by atoms with Crippen LogP contribution in [0, 0.1) is 0 Å². The molecule has 22 heavy (non-hydrogen) atoms. The van der Waals surface area contributed by atoms with Gasteiger partial charge < -0.3 is 9.64 Å². The summed E-state index contributed by atoms with van der Waals surface area (Å²) in [5.74, 6) is 0.0175. The molecule has 2 heterocycles. The molecule has 0 atom stereocenters. The van der Waals surface area contributed by atoms with Crippen LogP contribution in [0.5, 0.6) is 5.75 Å². The van der Waals surface area contributed by atoms with Crippen LogP contribution < -0.4 is 4.74 Å². The maximum atomic E-state index is 13.0. The van der Waals surface area contributed by atoms with E-state index in [9.17, 15) is 13.2 Å². The molecule has 1 fully saturated rings. The standard InChI is InChI=1S/C14H21N3O4S/c1-5-21-11-6-7-15-10-12(11)22(19,20)17-9-8-16(4)13(18)14(17,2)3/h6-7,10H,5,8-9H2,1-4H3. The third kappa shape index (κ3) is 2.68. The van der Waals surface area contributed by atoms with Crippen LogP contribution >= 0.6 is 0 Å². The Bertz CT molecular complexity index is 672. The van der Waals surface area contributed by atoms with Crippen molar-refractivity contribution < 1.29 is 17.9 Å². The molecule has 0 aromatic carbocycles. The van der Waals surface area contributed by atoms with E-state index >= 15 is 0 Å². The van der Waals surface area contributed by atoms with Crippen LogP contribution in [0.2, 0.25) is 0 Å². The minimum absolute atomic E-state index is 0.0118. The van der Waals surface area contributed by atoms with Gasteiger partial charge in [0.2, 0.25) is 15.9 Å². The smallest absolute Gasteiger partial charge is 0.249 e. The molecular formula is C14H21N3O4S. The van der Waals surface area contributed by atoms with Crippen LogP contribution in [0.15, 0.2) is 23.4 Å². The molecule has 1 aromatic rings. The average molecular weight is 327 g/mol. The minimum Gasteiger partial charge on any atom is -0.492 e. The van der Waals surface area contributed by atoms with Crippen LogP contribution in [0.1, 0.15) is 20.8 Å². The minimum atomic E-state index is -3.88. The molecule has 0 saturated carbocycles. The first-order valence-corrected chi connectivity index (χ1v) is 8.52. The molecule has 2 rings (SSSR count). The monoisotopic (exact) mass is 327 g/mol. The fourth-order valence-electron chi connectivity index (χ4n) is 2.57. The zero-order valence-corrected chi connectivity index (χ0v) is 14.1. The number of piperazine rings is 1. The number of pyridine rings is 1. The van der Waals surface area contributed by atoms with E-state index in [0.717, 1.165) is 0 Å². The predicted molar refractivity (Wildman–Crippen MR) is 81.0 cm³/mol. The zero-order valence-electron chi connectivity index (χ0n) is 13.2. The number of likely N-dealkylation sites (N-methyl/N-ethyl adjacent to an activating group) is 1. The van der Waals surface area contributed by atoms with Crippen LogP contribution in [0.25, 0.3) is 0 Å². The second-order valence-electron chi connectivity index (χ2n) is 5.62. The van der Waals surface area contributed by atoms with Crippen molar-refractivity contribution in [1.82, 2.24) is 14.2 Å². The number of hydrogen-bond donors (Lipinski definition) is 0. The third-order valence-electron chi connectivity index (χ3n) is 3.75. The van der Waals surface area contributed by atoms with Gasteiger partial charge in [-0.2, -0.15) is 4.31 Å². The number of hydrogen-bond acceptors (Lipinski definition) is 5. The summed E-state index contributed by atoms with van der Waals surface area (Å²) in [6.45, 7) is 5.93. The van der Waals surface area contributed by atoms with Crippen molar-refractivity contribution >= 4 is 15.9 Å². The molecule has 0 spiro atoms. The van der Waals surface area contributed by atoms with Gasteiger partial charge >= 0.3 is 0 Å². The lowest BCUT2D eigenvalue weighted by Crippen LogP contribution is -2.63. The first-order valence-electron chi connectivity index (χ1n) is 7.08. The fourth-order valence-corrected chi connectivity index (χ4v) is 4.38. The first kappa shape index (κ1) is 16.7. The van der Waals surface area contributed by atoms with Crippen LogP contribution in [-0.2, 0) is 14.8 Å². The molecular weight excluding hydrogens is 306 g/mol. The van der Waals surface area contributed by atoms with Gasteiger partial charge in [-0.05, 0) is 26.8 Å². The Morgan fingerprint density at radius 3 is 2.68 bits per heavy atom. The molecule has 0 N–H and O–H groups in total. The zero-order chi connectivity index (χ0) is 16.5. The molecule has 7 nitrogen and oxygen atoms in total. The Labute approximate surface area is 130 Å². The highest BCUT2D eigenvalue weighted by Gasteiger charge is 2.47. The lowest BCUT2D eigenvalue weighted by molar-refractivity contribution is -0.142. The second kappa shape index (κ2) is 5.85. The number of sulfonamides is 1. The summed E-state index contributed by atoms with van der Waals surface area (Å²) in [4.78, 5) is 17.7. The summed E-state index contributed by atoms with van der Waals surface area (Å²) in [6, 6.07) is 1.52. The van der Waals surface area contributed by atoms with Crippen molar-refractivity contribution in [2.45, 2.75) is 31.2 Å². The lowest BCUT2D eigenvalue weighted by atomic mass is 10.0. The summed E-state index contributed by atoms with van der Waals surface area (Å²) < 4.78 is 32.6. The number of rotatable bonds is 4. The van der Waals surface area contributed by atoms with Gasteiger partial charge in [-0.1, -0.05) is 0 Å². The van der Waals surface area contributed by atoms with Gasteiger partial charge in [-0.25, -0.2) is 8.42 Å². The van der Waals surface area contributed by atoms with Crippen LogP contribution in [0.3, 0.4) is 0 Å². The van der Waals surface area contributed by atoms with Crippen molar-refractivity contribution in [3.05, 3.63) is 18.5 Å². The Kier molecular flexibility index (Phi) is 4.44. The van der Waals surface area contributed by atoms with E-state index in [1.807, 2.05) is 0 Å². The van der Waals surface area contributed by atoms with E-state index in [-0.39, 0.29) is 23.1 Å². The fraction of sp³-hybridized carbons (Fsp3) is 0.571. The molecule has 1 saturated heterocycles. The number of amides is 1. The van der Waals surface area contributed by atoms with E-state index in [2.05, 4.69) is 4.98 Å². The molecule has 1 aliphatic heterocycles. The predicted octanol–water partition coefficient (Wildman–Crippen LogP) is 0.722. The van der Waals surface area contributed by atoms with Gasteiger partial charge in [-0.15, -0.1) is 0 Å². The van der Waals surface area contributed by atoms with Crippen LogP contribution in [-0.4, -0.2) is 60.8 Å². The number of carbonyl (C=O) groups is 1. The Morgan fingerprint density at radius 1 is 1.36 bits per heavy atom. The van der Waals surface area contributed by atoms with Gasteiger partial charge in [0.05, 0.1) is 12.8 Å². The average Bonchev–Trinajstić information content (AvgIpc) is 2.45. The molecule has 0 bridgehead atoms. The van der Waals surface area contributed by atoms with Crippen molar-refractivity contribution in [3.8, 4) is 5.75 Å². The molecule has 1 aromatic heterocycles. The van der Waals surface area contributed by atoms with Crippen molar-refractivity contribution in [2.24, 2.45) is 0 Å². The van der Waals surface area contributed by atoms with E-state index in [0.29, 0.717) is 13.2 Å². The lowest BCUT2D eigenvalue weighted by Gasteiger charge is -2.43. The van der Waals surface area contributed by atoms with E-state index < -0.39 is 15.6 Å². The Hall–Kier alpha value is -1.67. The largest absolute Gasteiger partial charge is 0.492 e. The number of ether oxygens (including phenoxy) is 1. The van der Waals surface area contributed by atoms with E-state index in [1.165, 1.54) is 22.8 Å². The second-order valence-corrected chi connectivity index (χ2v) is 7.45. The molecule has 1 amide bonds. The van der Waals surface area contributed by atoms with Gasteiger partial charge in [0, 0.05) is 26.3 Å². The molecule has 1 aliphatic rings. The topological polar surface area (TPSA) is 79.8 Å². The maximum absolute atomic E-state index is 13.0. The summed E-state index contributed by atoms with van der Waals surface area (Å²) >= 11 is 0. The van der Waals surface area contributed by atoms with Crippen molar-refractivity contribution in [1.29, 1.82) is 0 Å². The van der Waals surface area contributed by atoms with Gasteiger partial charge in [0.1, 0.15) is 16.2 Å². The molecule has 0 aliphatic carbocycles. The highest BCUT2D eigenvalue weighted by molar-refractivity contribution is 7.89. The van der Waals surface area contributed by atoms with Gasteiger partial charge in [-0.3, -0.25) is 9.78 Å². The maximum Gasteiger partial charge on any atom is 0.249 e. The third-order valence-corrected chi connectivity index (χ3v) is 5.83. The SMILES string of the molecule is CCOc1ccncc1S(=O)(=O)N1CCN(C)C(=O)C1(C)C. The molecule has 0 unspecified atom stereocenters. The highest BCUT2D eigenvalue weighted by Crippen LogP contribution is 2.32. The van der Waals surface area contributed by atoms with Gasteiger partial charge in [0.25, 0.3) is 0 Å². The first-order chi connectivity index (χ1) is 10.2. The summed E-state index contributed by atoms with van der Waals surface area (Å²) in [5.41, 5.74) is -1.15. The van der Waals surface area contributed by atoms with Gasteiger partial charge in [0.15, 0.2) is 0 Å². The summed E-state index contributed by atoms with van der Waals surface area (Å²) in [6.07, 6.45) is 2.74. The Balaban J connectivity index is 2.49. The number of aromatic nitrogens is 1. The van der Waals surface area contributed by atoms with E-state index in [1.54, 1.807) is 32.7 Å². The number of nitrogens with zero attached hydrogens (tertiary/aromatic N) is 3. The summed E-state index contributed by atoms with van der Waals surface area (Å²) in [7, 11) is -2.21.